The Kier molecular flexibility index (Phi) is 4.62. The van der Waals surface area contributed by atoms with Crippen molar-refractivity contribution < 1.29 is 4.79 Å². The molecule has 0 atom stereocenters. The summed E-state index contributed by atoms with van der Waals surface area (Å²) in [6.45, 7) is 11.9. The molecule has 162 valence electrons. The monoisotopic (exact) mass is 419 g/mol. The van der Waals surface area contributed by atoms with Crippen LogP contribution in [-0.2, 0) is 6.42 Å². The molecule has 2 N–H and O–H groups in total. The number of aryl methyl sites for hydroxylation is 2. The Morgan fingerprint density at radius 2 is 2.06 bits per heavy atom. The van der Waals surface area contributed by atoms with Crippen molar-refractivity contribution in [3.8, 4) is 0 Å². The number of nitrogens with zero attached hydrogens (tertiary/aromatic N) is 5. The maximum absolute atomic E-state index is 13.2. The number of aromatic nitrogens is 3. The van der Waals surface area contributed by atoms with Gasteiger partial charge in [-0.25, -0.2) is 14.3 Å². The number of hydrogen-bond acceptors (Lipinski definition) is 5. The highest BCUT2D eigenvalue weighted by Crippen LogP contribution is 2.35. The average molecular weight is 420 g/mol. The number of urea groups is 1. The minimum absolute atomic E-state index is 0.0618. The Hall–Kier alpha value is -3.13. The van der Waals surface area contributed by atoms with E-state index in [0.29, 0.717) is 6.54 Å². The molecule has 5 heterocycles. The van der Waals surface area contributed by atoms with Gasteiger partial charge in [-0.05, 0) is 57.9 Å². The highest BCUT2D eigenvalue weighted by atomic mass is 16.2. The summed E-state index contributed by atoms with van der Waals surface area (Å²) in [5, 5.41) is 11.1. The number of nitrogens with one attached hydrogen (secondary N) is 2. The second-order valence-electron chi connectivity index (χ2n) is 9.22. The molecular formula is C23H29N7O. The van der Waals surface area contributed by atoms with Crippen LogP contribution in [0, 0.1) is 13.8 Å². The number of pyridine rings is 2. The molecular weight excluding hydrogens is 390 g/mol. The predicted molar refractivity (Wildman–Crippen MR) is 123 cm³/mol. The first-order valence-corrected chi connectivity index (χ1v) is 10.8. The summed E-state index contributed by atoms with van der Waals surface area (Å²) in [5.41, 5.74) is 6.09. The number of rotatable bonds is 2. The van der Waals surface area contributed by atoms with Gasteiger partial charge in [0, 0.05) is 61.0 Å². The van der Waals surface area contributed by atoms with Crippen LogP contribution < -0.4 is 20.4 Å². The molecule has 3 aromatic rings. The third-order valence-corrected chi connectivity index (χ3v) is 6.17. The highest BCUT2D eigenvalue weighted by molar-refractivity contribution is 6.03. The maximum Gasteiger partial charge on any atom is 0.327 e. The molecule has 8 nitrogen and oxygen atoms in total. The fraction of sp³-hybridized carbons (Fsp3) is 0.435. The molecule has 1 fully saturated rings. The van der Waals surface area contributed by atoms with Gasteiger partial charge in [0.2, 0.25) is 0 Å². The SMILES string of the molecule is Cc1cc2cc(NC(=O)N3CCc4c(N5CCNC(C)(C)C5)ccnc43)c(C)cn2n1. The lowest BCUT2D eigenvalue weighted by molar-refractivity contribution is 0.257. The van der Waals surface area contributed by atoms with Gasteiger partial charge in [-0.15, -0.1) is 0 Å². The Morgan fingerprint density at radius 1 is 1.23 bits per heavy atom. The van der Waals surface area contributed by atoms with Gasteiger partial charge in [0.25, 0.3) is 0 Å². The van der Waals surface area contributed by atoms with Gasteiger partial charge in [-0.2, -0.15) is 5.10 Å². The van der Waals surface area contributed by atoms with Crippen molar-refractivity contribution >= 4 is 28.7 Å². The molecule has 0 aliphatic carbocycles. The lowest BCUT2D eigenvalue weighted by Crippen LogP contribution is -2.57. The summed E-state index contributed by atoms with van der Waals surface area (Å²) in [7, 11) is 0. The van der Waals surface area contributed by atoms with E-state index in [-0.39, 0.29) is 11.6 Å². The van der Waals surface area contributed by atoms with Crippen LogP contribution in [0.25, 0.3) is 5.52 Å². The molecule has 1 saturated heterocycles. The molecule has 5 rings (SSSR count). The third kappa shape index (κ3) is 3.61. The second-order valence-corrected chi connectivity index (χ2v) is 9.22. The van der Waals surface area contributed by atoms with Gasteiger partial charge in [0.15, 0.2) is 0 Å². The molecule has 0 bridgehead atoms. The smallest absolute Gasteiger partial charge is 0.327 e. The van der Waals surface area contributed by atoms with Crippen LogP contribution in [-0.4, -0.2) is 52.3 Å². The summed E-state index contributed by atoms with van der Waals surface area (Å²) >= 11 is 0. The Labute approximate surface area is 182 Å². The number of amides is 2. The van der Waals surface area contributed by atoms with Crippen molar-refractivity contribution in [2.75, 3.05) is 41.3 Å². The molecule has 0 unspecified atom stereocenters. The summed E-state index contributed by atoms with van der Waals surface area (Å²) in [4.78, 5) is 21.9. The van der Waals surface area contributed by atoms with E-state index < -0.39 is 0 Å². The van der Waals surface area contributed by atoms with Gasteiger partial charge in [-0.1, -0.05) is 0 Å². The van der Waals surface area contributed by atoms with Gasteiger partial charge >= 0.3 is 6.03 Å². The standard InChI is InChI=1S/C23H29N7O/c1-15-13-30-17(11-16(2)27-30)12-19(15)26-22(31)29-9-6-18-20(5-7-24-21(18)29)28-10-8-25-23(3,4)14-28/h5,7,11-13,25H,6,8-10,14H2,1-4H3,(H,26,31). The first-order chi connectivity index (χ1) is 14.8. The van der Waals surface area contributed by atoms with Crippen LogP contribution in [0.4, 0.5) is 22.0 Å². The predicted octanol–water partition coefficient (Wildman–Crippen LogP) is 3.13. The average Bonchev–Trinajstić information content (AvgIpc) is 3.29. The minimum Gasteiger partial charge on any atom is -0.368 e. The van der Waals surface area contributed by atoms with E-state index in [1.54, 1.807) is 4.90 Å². The lowest BCUT2D eigenvalue weighted by atomic mass is 10.0. The number of fused-ring (bicyclic) bond motifs is 2. The van der Waals surface area contributed by atoms with Gasteiger partial charge in [0.05, 0.1) is 11.2 Å². The van der Waals surface area contributed by atoms with E-state index >= 15 is 0 Å². The van der Waals surface area contributed by atoms with Crippen LogP contribution in [0.2, 0.25) is 0 Å². The molecule has 31 heavy (non-hydrogen) atoms. The van der Waals surface area contributed by atoms with Crippen molar-refractivity contribution in [2.24, 2.45) is 0 Å². The molecule has 2 aliphatic rings. The molecule has 2 aliphatic heterocycles. The molecule has 3 aromatic heterocycles. The maximum atomic E-state index is 13.2. The zero-order chi connectivity index (χ0) is 21.8. The molecule has 0 saturated carbocycles. The van der Waals surface area contributed by atoms with Crippen molar-refractivity contribution in [3.05, 3.63) is 47.4 Å². The normalized spacial score (nSPS) is 17.8. The number of piperazine rings is 1. The van der Waals surface area contributed by atoms with Crippen LogP contribution >= 0.6 is 0 Å². The van der Waals surface area contributed by atoms with E-state index in [4.69, 9.17) is 0 Å². The lowest BCUT2D eigenvalue weighted by Gasteiger charge is -2.41. The largest absolute Gasteiger partial charge is 0.368 e. The van der Waals surface area contributed by atoms with Crippen LogP contribution in [0.3, 0.4) is 0 Å². The van der Waals surface area contributed by atoms with Gasteiger partial charge < -0.3 is 15.5 Å². The van der Waals surface area contributed by atoms with Gasteiger partial charge in [0.1, 0.15) is 5.82 Å². The Morgan fingerprint density at radius 3 is 2.87 bits per heavy atom. The highest BCUT2D eigenvalue weighted by Gasteiger charge is 2.32. The number of carbonyl (C=O) groups excluding carboxylic acids is 1. The van der Waals surface area contributed by atoms with E-state index in [9.17, 15) is 4.79 Å². The topological polar surface area (TPSA) is 77.8 Å². The molecule has 8 heteroatoms. The van der Waals surface area contributed by atoms with Crippen LogP contribution in [0.1, 0.15) is 30.7 Å². The molecule has 2 amide bonds. The minimum atomic E-state index is -0.146. The fourth-order valence-electron chi connectivity index (χ4n) is 4.69. The van der Waals surface area contributed by atoms with E-state index in [2.05, 4.69) is 45.5 Å². The summed E-state index contributed by atoms with van der Waals surface area (Å²) in [6.07, 6.45) is 4.58. The van der Waals surface area contributed by atoms with Crippen molar-refractivity contribution in [1.29, 1.82) is 0 Å². The Balaban J connectivity index is 1.40. The van der Waals surface area contributed by atoms with Crippen LogP contribution in [0.5, 0.6) is 0 Å². The quantitative estimate of drug-likeness (QED) is 0.667. The van der Waals surface area contributed by atoms with E-state index in [1.807, 2.05) is 42.9 Å². The summed E-state index contributed by atoms with van der Waals surface area (Å²) in [6, 6.07) is 5.91. The van der Waals surface area contributed by atoms with Crippen molar-refractivity contribution in [2.45, 2.75) is 39.7 Å². The first-order valence-electron chi connectivity index (χ1n) is 10.8. The zero-order valence-corrected chi connectivity index (χ0v) is 18.6. The molecule has 0 spiro atoms. The van der Waals surface area contributed by atoms with Crippen molar-refractivity contribution in [1.82, 2.24) is 19.9 Å². The van der Waals surface area contributed by atoms with Crippen molar-refractivity contribution in [3.63, 3.8) is 0 Å². The van der Waals surface area contributed by atoms with Crippen LogP contribution in [0.15, 0.2) is 30.6 Å². The fourth-order valence-corrected chi connectivity index (χ4v) is 4.69. The summed E-state index contributed by atoms with van der Waals surface area (Å²) in [5.74, 6) is 0.769. The van der Waals surface area contributed by atoms with Gasteiger partial charge in [-0.3, -0.25) is 4.90 Å². The third-order valence-electron chi connectivity index (χ3n) is 6.17. The summed E-state index contributed by atoms with van der Waals surface area (Å²) < 4.78 is 1.84. The second kappa shape index (κ2) is 7.23. The number of carbonyl (C=O) groups is 1. The molecule has 0 radical (unpaired) electrons. The zero-order valence-electron chi connectivity index (χ0n) is 18.6. The molecule has 0 aromatic carbocycles. The first kappa shape index (κ1) is 19.8. The van der Waals surface area contributed by atoms with E-state index in [1.165, 1.54) is 5.69 Å². The van der Waals surface area contributed by atoms with E-state index in [0.717, 1.165) is 59.9 Å². The Bertz CT molecular complexity index is 1170. The number of hydrogen-bond donors (Lipinski definition) is 2. The number of anilines is 3.